The summed E-state index contributed by atoms with van der Waals surface area (Å²) in [5, 5.41) is 10.6. The molecule has 3 nitrogen and oxygen atoms in total. The third-order valence-electron chi connectivity index (χ3n) is 8.92. The number of aliphatic hydroxyl groups is 1. The lowest BCUT2D eigenvalue weighted by atomic mass is 9.48. The maximum atomic E-state index is 10.6. The maximum Gasteiger partial charge on any atom is 0.137 e. The van der Waals surface area contributed by atoms with Crippen molar-refractivity contribution in [2.75, 3.05) is 33.3 Å². The highest BCUT2D eigenvalue weighted by atomic mass is 16.5. The van der Waals surface area contributed by atoms with Gasteiger partial charge in [0.05, 0.1) is 20.1 Å². The van der Waals surface area contributed by atoms with Crippen LogP contribution >= 0.6 is 0 Å². The van der Waals surface area contributed by atoms with Crippen LogP contribution in [-0.2, 0) is 5.41 Å². The summed E-state index contributed by atoms with van der Waals surface area (Å²) in [4.78, 5) is 0. The van der Waals surface area contributed by atoms with E-state index >= 15 is 0 Å². The number of likely N-dealkylation sites (N-methyl/N-ethyl adjacent to an activating group) is 1. The van der Waals surface area contributed by atoms with Crippen LogP contribution in [0.3, 0.4) is 0 Å². The summed E-state index contributed by atoms with van der Waals surface area (Å²) >= 11 is 0. The van der Waals surface area contributed by atoms with Gasteiger partial charge < -0.3 is 14.3 Å². The fourth-order valence-electron chi connectivity index (χ4n) is 7.63. The predicted molar refractivity (Wildman–Crippen MR) is 117 cm³/mol. The molecule has 1 saturated heterocycles. The van der Waals surface area contributed by atoms with Crippen LogP contribution in [0.2, 0.25) is 0 Å². The second-order valence-electron chi connectivity index (χ2n) is 11.6. The van der Waals surface area contributed by atoms with Crippen LogP contribution in [0.15, 0.2) is 24.3 Å². The van der Waals surface area contributed by atoms with Crippen molar-refractivity contribution in [2.24, 2.45) is 23.7 Å². The van der Waals surface area contributed by atoms with Gasteiger partial charge in [0, 0.05) is 0 Å². The molecule has 29 heavy (non-hydrogen) atoms. The number of piperidine rings is 1. The zero-order valence-electron chi connectivity index (χ0n) is 18.5. The van der Waals surface area contributed by atoms with Crippen LogP contribution in [0, 0.1) is 23.7 Å². The summed E-state index contributed by atoms with van der Waals surface area (Å²) < 4.78 is 6.98. The Bertz CT molecular complexity index is 669. The van der Waals surface area contributed by atoms with Gasteiger partial charge in [0.15, 0.2) is 0 Å². The Morgan fingerprint density at radius 1 is 1.00 bits per heavy atom. The molecule has 160 valence electrons. The topological polar surface area (TPSA) is 29.5 Å². The van der Waals surface area contributed by atoms with Gasteiger partial charge >= 0.3 is 0 Å². The van der Waals surface area contributed by atoms with Crippen molar-refractivity contribution in [3.8, 4) is 5.75 Å². The minimum absolute atomic E-state index is 0.392. The average Bonchev–Trinajstić information content (AvgIpc) is 2.68. The number of likely N-dealkylation sites (tertiary alicyclic amines) is 1. The SMILES string of the molecule is CC1CC[N+](C)(C[C@H](O)COc2ccc(C34CC5CC(CC(C5)C3)C4)cc2)CC1. The van der Waals surface area contributed by atoms with Crippen molar-refractivity contribution in [2.45, 2.75) is 69.8 Å². The van der Waals surface area contributed by atoms with Crippen molar-refractivity contribution in [3.05, 3.63) is 29.8 Å². The van der Waals surface area contributed by atoms with Gasteiger partial charge in [-0.3, -0.25) is 0 Å². The zero-order chi connectivity index (χ0) is 20.1. The van der Waals surface area contributed by atoms with E-state index in [9.17, 15) is 5.11 Å². The van der Waals surface area contributed by atoms with Gasteiger partial charge in [-0.2, -0.15) is 0 Å². The smallest absolute Gasteiger partial charge is 0.137 e. The van der Waals surface area contributed by atoms with Crippen molar-refractivity contribution in [3.63, 3.8) is 0 Å². The largest absolute Gasteiger partial charge is 0.491 e. The minimum atomic E-state index is -0.392. The molecule has 1 aliphatic heterocycles. The molecule has 1 N–H and O–H groups in total. The Morgan fingerprint density at radius 2 is 1.55 bits per heavy atom. The number of benzene rings is 1. The zero-order valence-corrected chi connectivity index (χ0v) is 18.5. The number of aliphatic hydroxyl groups excluding tert-OH is 1. The standard InChI is InChI=1S/C26H40NO2/c1-19-7-9-27(2,10-8-19)17-24(28)18-29-25-5-3-23(4-6-25)26-14-20-11-21(15-26)13-22(12-20)16-26/h3-6,19-22,24,28H,7-18H2,1-2H3/q+1/t19?,20?,21?,22?,24-,26?,27?/m0/s1. The Hall–Kier alpha value is -1.06. The molecule has 1 heterocycles. The van der Waals surface area contributed by atoms with E-state index in [1.54, 1.807) is 5.56 Å². The molecular formula is C26H40NO2+. The van der Waals surface area contributed by atoms with E-state index in [1.165, 1.54) is 64.5 Å². The molecule has 0 radical (unpaired) electrons. The van der Waals surface area contributed by atoms with Crippen LogP contribution in [0.4, 0.5) is 0 Å². The molecule has 5 fully saturated rings. The molecule has 4 aliphatic carbocycles. The molecule has 1 aromatic rings. The molecule has 4 bridgehead atoms. The van der Waals surface area contributed by atoms with Crippen molar-refractivity contribution >= 4 is 0 Å². The Labute approximate surface area is 177 Å². The Balaban J connectivity index is 1.16. The molecule has 0 amide bonds. The first kappa shape index (κ1) is 19.9. The van der Waals surface area contributed by atoms with Crippen molar-refractivity contribution < 1.29 is 14.3 Å². The van der Waals surface area contributed by atoms with Crippen molar-refractivity contribution in [1.82, 2.24) is 0 Å². The van der Waals surface area contributed by atoms with Crippen LogP contribution < -0.4 is 4.74 Å². The number of hydrogen-bond donors (Lipinski definition) is 1. The molecule has 1 aromatic carbocycles. The number of nitrogens with zero attached hydrogens (tertiary/aromatic N) is 1. The summed E-state index contributed by atoms with van der Waals surface area (Å²) in [6.07, 6.45) is 10.9. The molecule has 3 heteroatoms. The minimum Gasteiger partial charge on any atom is -0.491 e. The lowest BCUT2D eigenvalue weighted by Gasteiger charge is -2.57. The first-order chi connectivity index (χ1) is 13.9. The van der Waals surface area contributed by atoms with E-state index in [0.29, 0.717) is 12.0 Å². The van der Waals surface area contributed by atoms with Crippen LogP contribution in [-0.4, -0.2) is 49.0 Å². The molecule has 0 spiro atoms. The molecule has 6 rings (SSSR count). The predicted octanol–water partition coefficient (Wildman–Crippen LogP) is 4.77. The van der Waals surface area contributed by atoms with E-state index in [4.69, 9.17) is 4.74 Å². The van der Waals surface area contributed by atoms with Gasteiger partial charge in [-0.1, -0.05) is 19.1 Å². The monoisotopic (exact) mass is 398 g/mol. The van der Waals surface area contributed by atoms with Crippen LogP contribution in [0.5, 0.6) is 5.75 Å². The first-order valence-electron chi connectivity index (χ1n) is 12.2. The quantitative estimate of drug-likeness (QED) is 0.700. The Morgan fingerprint density at radius 3 is 2.10 bits per heavy atom. The second kappa shape index (κ2) is 7.57. The number of quaternary nitrogens is 1. The lowest BCUT2D eigenvalue weighted by molar-refractivity contribution is -0.918. The summed E-state index contributed by atoms with van der Waals surface area (Å²) in [6, 6.07) is 8.96. The van der Waals surface area contributed by atoms with E-state index in [0.717, 1.165) is 40.4 Å². The summed E-state index contributed by atoms with van der Waals surface area (Å²) in [6.45, 7) is 5.91. The molecule has 0 aromatic heterocycles. The molecule has 5 aliphatic rings. The maximum absolute atomic E-state index is 10.6. The molecular weight excluding hydrogens is 358 g/mol. The number of rotatable bonds is 6. The number of ether oxygens (including phenoxy) is 1. The summed E-state index contributed by atoms with van der Waals surface area (Å²) in [5.41, 5.74) is 2.00. The van der Waals surface area contributed by atoms with E-state index in [-0.39, 0.29) is 0 Å². The van der Waals surface area contributed by atoms with E-state index in [2.05, 4.69) is 38.2 Å². The summed E-state index contributed by atoms with van der Waals surface area (Å²) in [5.74, 6) is 4.69. The van der Waals surface area contributed by atoms with Gasteiger partial charge in [0.2, 0.25) is 0 Å². The van der Waals surface area contributed by atoms with Crippen LogP contribution in [0.25, 0.3) is 0 Å². The highest BCUT2D eigenvalue weighted by molar-refractivity contribution is 5.34. The second-order valence-corrected chi connectivity index (χ2v) is 11.6. The summed E-state index contributed by atoms with van der Waals surface area (Å²) in [7, 11) is 2.29. The molecule has 1 atom stereocenters. The van der Waals surface area contributed by atoms with Gasteiger partial charge in [-0.15, -0.1) is 0 Å². The first-order valence-corrected chi connectivity index (χ1v) is 12.2. The van der Waals surface area contributed by atoms with Gasteiger partial charge in [0.1, 0.15) is 25.0 Å². The van der Waals surface area contributed by atoms with Gasteiger partial charge in [-0.05, 0) is 98.1 Å². The third kappa shape index (κ3) is 4.10. The highest BCUT2D eigenvalue weighted by Crippen LogP contribution is 2.60. The van der Waals surface area contributed by atoms with E-state index in [1.807, 2.05) is 0 Å². The lowest BCUT2D eigenvalue weighted by Crippen LogP contribution is -2.54. The molecule has 0 unspecified atom stereocenters. The van der Waals surface area contributed by atoms with Crippen molar-refractivity contribution in [1.29, 1.82) is 0 Å². The van der Waals surface area contributed by atoms with Gasteiger partial charge in [0.25, 0.3) is 0 Å². The number of hydrogen-bond acceptors (Lipinski definition) is 2. The molecule has 4 saturated carbocycles. The van der Waals surface area contributed by atoms with E-state index < -0.39 is 6.10 Å². The van der Waals surface area contributed by atoms with Crippen LogP contribution in [0.1, 0.15) is 63.9 Å². The highest BCUT2D eigenvalue weighted by Gasteiger charge is 2.51. The fraction of sp³-hybridized carbons (Fsp3) is 0.769. The normalized spacial score (nSPS) is 42.0. The third-order valence-corrected chi connectivity index (χ3v) is 8.92. The Kier molecular flexibility index (Phi) is 5.19. The van der Waals surface area contributed by atoms with Gasteiger partial charge in [-0.25, -0.2) is 0 Å². The average molecular weight is 399 g/mol. The fourth-order valence-corrected chi connectivity index (χ4v) is 7.63.